The van der Waals surface area contributed by atoms with Crippen molar-refractivity contribution in [2.24, 2.45) is 0 Å². The first-order valence-electron chi connectivity index (χ1n) is 8.59. The maximum atomic E-state index is 6.31. The third-order valence-electron chi connectivity index (χ3n) is 4.80. The lowest BCUT2D eigenvalue weighted by molar-refractivity contribution is 0.262. The molecule has 4 aromatic carbocycles. The zero-order chi connectivity index (χ0) is 17.5. The molecule has 1 aliphatic rings. The van der Waals surface area contributed by atoms with Gasteiger partial charge in [0.15, 0.2) is 12.0 Å². The lowest BCUT2D eigenvalue weighted by Crippen LogP contribution is -2.09. The van der Waals surface area contributed by atoms with E-state index in [-0.39, 0.29) is 6.23 Å². The minimum absolute atomic E-state index is 0.195. The minimum Gasteiger partial charge on any atom is -0.464 e. The highest BCUT2D eigenvalue weighted by Gasteiger charge is 2.25. The predicted molar refractivity (Wildman–Crippen MR) is 108 cm³/mol. The number of ether oxygens (including phenoxy) is 1. The fourth-order valence-electron chi connectivity index (χ4n) is 3.45. The van der Waals surface area contributed by atoms with E-state index in [1.807, 2.05) is 36.4 Å². The topological polar surface area (TPSA) is 21.3 Å². The van der Waals surface area contributed by atoms with E-state index in [1.165, 1.54) is 11.1 Å². The molecule has 0 spiro atoms. The highest BCUT2D eigenvalue weighted by molar-refractivity contribution is 6.35. The van der Waals surface area contributed by atoms with Crippen molar-refractivity contribution in [2.45, 2.75) is 6.23 Å². The highest BCUT2D eigenvalue weighted by atomic mass is 35.5. The molecule has 1 unspecified atom stereocenters. The third kappa shape index (κ3) is 2.51. The average Bonchev–Trinajstić information content (AvgIpc) is 3.14. The average molecular weight is 358 g/mol. The monoisotopic (exact) mass is 357 g/mol. The van der Waals surface area contributed by atoms with Crippen molar-refractivity contribution in [1.29, 1.82) is 0 Å². The number of hydrogen-bond donors (Lipinski definition) is 1. The van der Waals surface area contributed by atoms with Crippen molar-refractivity contribution >= 4 is 28.1 Å². The van der Waals surface area contributed by atoms with Crippen LogP contribution in [0.3, 0.4) is 0 Å². The Morgan fingerprint density at radius 3 is 2.27 bits per heavy atom. The fraction of sp³-hybridized carbons (Fsp3) is 0.0435. The van der Waals surface area contributed by atoms with Crippen LogP contribution in [0.5, 0.6) is 5.75 Å². The van der Waals surface area contributed by atoms with Gasteiger partial charge in [0.2, 0.25) is 0 Å². The Hall–Kier alpha value is -2.97. The smallest absolute Gasteiger partial charge is 0.196 e. The molecule has 0 radical (unpaired) electrons. The van der Waals surface area contributed by atoms with Crippen LogP contribution in [0.2, 0.25) is 5.02 Å². The number of hydrogen-bond acceptors (Lipinski definition) is 2. The third-order valence-corrected chi connectivity index (χ3v) is 5.13. The number of benzene rings is 4. The van der Waals surface area contributed by atoms with Gasteiger partial charge in [0.1, 0.15) is 0 Å². The van der Waals surface area contributed by atoms with Crippen LogP contribution >= 0.6 is 11.6 Å². The van der Waals surface area contributed by atoms with Gasteiger partial charge in [0.25, 0.3) is 0 Å². The quantitative estimate of drug-likeness (QED) is 0.433. The van der Waals surface area contributed by atoms with E-state index in [9.17, 15) is 0 Å². The van der Waals surface area contributed by atoms with Crippen molar-refractivity contribution < 1.29 is 4.74 Å². The largest absolute Gasteiger partial charge is 0.464 e. The molecule has 1 N–H and O–H groups in total. The maximum Gasteiger partial charge on any atom is 0.196 e. The summed E-state index contributed by atoms with van der Waals surface area (Å²) in [5.41, 5.74) is 4.50. The van der Waals surface area contributed by atoms with E-state index in [1.54, 1.807) is 0 Å². The van der Waals surface area contributed by atoms with E-state index in [4.69, 9.17) is 16.3 Å². The van der Waals surface area contributed by atoms with Gasteiger partial charge < -0.3 is 10.1 Å². The number of rotatable bonds is 2. The summed E-state index contributed by atoms with van der Waals surface area (Å²) in [6, 6.07) is 28.8. The van der Waals surface area contributed by atoms with Gasteiger partial charge in [-0.2, -0.15) is 0 Å². The molecule has 0 aliphatic carbocycles. The summed E-state index contributed by atoms with van der Waals surface area (Å²) >= 11 is 6.31. The van der Waals surface area contributed by atoms with Gasteiger partial charge >= 0.3 is 0 Å². The van der Waals surface area contributed by atoms with Gasteiger partial charge in [0.05, 0.1) is 5.69 Å². The lowest BCUT2D eigenvalue weighted by Gasteiger charge is -2.13. The predicted octanol–water partition coefficient (Wildman–Crippen LogP) is 6.66. The van der Waals surface area contributed by atoms with Crippen LogP contribution in [0, 0.1) is 0 Å². The van der Waals surface area contributed by atoms with Crippen LogP contribution in [-0.4, -0.2) is 0 Å². The normalized spacial score (nSPS) is 15.3. The first-order valence-corrected chi connectivity index (χ1v) is 8.97. The molecule has 126 valence electrons. The molecular formula is C23H16ClNO. The summed E-state index contributed by atoms with van der Waals surface area (Å²) in [5, 5.41) is 6.24. The molecule has 3 heteroatoms. The van der Waals surface area contributed by atoms with E-state index >= 15 is 0 Å². The Morgan fingerprint density at radius 1 is 0.692 bits per heavy atom. The molecule has 0 aromatic heterocycles. The van der Waals surface area contributed by atoms with Crippen molar-refractivity contribution in [3.05, 3.63) is 95.5 Å². The molecule has 0 amide bonds. The summed E-state index contributed by atoms with van der Waals surface area (Å²) in [6.07, 6.45) is -0.195. The number of fused-ring (bicyclic) bond motifs is 3. The Balaban J connectivity index is 1.47. The summed E-state index contributed by atoms with van der Waals surface area (Å²) in [5.74, 6) is 0.863. The molecule has 1 atom stereocenters. The zero-order valence-corrected chi connectivity index (χ0v) is 14.7. The van der Waals surface area contributed by atoms with Crippen molar-refractivity contribution in [3.63, 3.8) is 0 Å². The Labute approximate surface area is 157 Å². The second-order valence-corrected chi connectivity index (χ2v) is 6.81. The summed E-state index contributed by atoms with van der Waals surface area (Å²) < 4.78 is 6.24. The molecule has 1 heterocycles. The van der Waals surface area contributed by atoms with Crippen LogP contribution in [0.1, 0.15) is 11.8 Å². The first-order chi connectivity index (χ1) is 12.8. The van der Waals surface area contributed by atoms with Crippen molar-refractivity contribution in [3.8, 4) is 16.9 Å². The number of nitrogens with one attached hydrogen (secondary N) is 1. The molecule has 2 nitrogen and oxygen atoms in total. The van der Waals surface area contributed by atoms with Gasteiger partial charge in [-0.3, -0.25) is 0 Å². The van der Waals surface area contributed by atoms with Gasteiger partial charge in [0, 0.05) is 21.4 Å². The van der Waals surface area contributed by atoms with Crippen LogP contribution in [0.15, 0.2) is 84.9 Å². The minimum atomic E-state index is -0.195. The van der Waals surface area contributed by atoms with E-state index in [0.717, 1.165) is 32.8 Å². The lowest BCUT2D eigenvalue weighted by atomic mass is 10.0. The molecule has 26 heavy (non-hydrogen) atoms. The second-order valence-electron chi connectivity index (χ2n) is 6.41. The molecule has 4 aromatic rings. The fourth-order valence-corrected chi connectivity index (χ4v) is 3.69. The van der Waals surface area contributed by atoms with E-state index < -0.39 is 0 Å². The maximum absolute atomic E-state index is 6.31. The molecule has 5 rings (SSSR count). The van der Waals surface area contributed by atoms with Gasteiger partial charge in [-0.25, -0.2) is 0 Å². The van der Waals surface area contributed by atoms with Crippen LogP contribution in [0.25, 0.3) is 21.9 Å². The zero-order valence-electron chi connectivity index (χ0n) is 13.9. The Bertz CT molecular complexity index is 1090. The summed E-state index contributed by atoms with van der Waals surface area (Å²) in [4.78, 5) is 0. The standard InChI is InChI=1S/C23H16ClNO/c24-20-8-4-7-19-18(20)13-14-21-22(19)26-23(25-21)17-11-9-16(10-12-17)15-5-2-1-3-6-15/h1-14,23,25H. The molecule has 0 bridgehead atoms. The number of anilines is 1. The summed E-state index contributed by atoms with van der Waals surface area (Å²) in [6.45, 7) is 0. The van der Waals surface area contributed by atoms with E-state index in [2.05, 4.69) is 53.8 Å². The van der Waals surface area contributed by atoms with Gasteiger partial charge in [-0.05, 0) is 23.3 Å². The van der Waals surface area contributed by atoms with Crippen molar-refractivity contribution in [1.82, 2.24) is 0 Å². The number of halogens is 1. The SMILES string of the molecule is Clc1cccc2c3c(ccc12)NC(c1ccc(-c2ccccc2)cc1)O3. The first kappa shape index (κ1) is 15.3. The molecule has 1 aliphatic heterocycles. The van der Waals surface area contributed by atoms with Gasteiger partial charge in [-0.1, -0.05) is 84.4 Å². The molecule has 0 fully saturated rings. The molecule has 0 saturated carbocycles. The van der Waals surface area contributed by atoms with Crippen LogP contribution in [-0.2, 0) is 0 Å². The molecular weight excluding hydrogens is 342 g/mol. The Kier molecular flexibility index (Phi) is 3.58. The van der Waals surface area contributed by atoms with Crippen molar-refractivity contribution in [2.75, 3.05) is 5.32 Å². The second kappa shape index (κ2) is 6.08. The summed E-state index contributed by atoms with van der Waals surface area (Å²) in [7, 11) is 0. The molecule has 0 saturated heterocycles. The Morgan fingerprint density at radius 2 is 1.46 bits per heavy atom. The van der Waals surface area contributed by atoms with E-state index in [0.29, 0.717) is 0 Å². The van der Waals surface area contributed by atoms with Crippen LogP contribution < -0.4 is 10.1 Å². The van der Waals surface area contributed by atoms with Gasteiger partial charge in [-0.15, -0.1) is 0 Å². The highest BCUT2D eigenvalue weighted by Crippen LogP contribution is 2.44. The van der Waals surface area contributed by atoms with Crippen LogP contribution in [0.4, 0.5) is 5.69 Å².